The Morgan fingerprint density at radius 1 is 1.40 bits per heavy atom. The summed E-state index contributed by atoms with van der Waals surface area (Å²) in [6.45, 7) is 2.20. The molecule has 1 rings (SSSR count). The minimum absolute atomic E-state index is 0.0320. The van der Waals surface area contributed by atoms with Gasteiger partial charge in [-0.3, -0.25) is 9.59 Å². The lowest BCUT2D eigenvalue weighted by Gasteiger charge is -2.14. The van der Waals surface area contributed by atoms with Crippen LogP contribution in [0.5, 0.6) is 0 Å². The van der Waals surface area contributed by atoms with Crippen molar-refractivity contribution in [3.8, 4) is 11.8 Å². The van der Waals surface area contributed by atoms with Crippen LogP contribution in [0.1, 0.15) is 22.8 Å². The Morgan fingerprint density at radius 2 is 2.15 bits per heavy atom. The predicted molar refractivity (Wildman–Crippen MR) is 76.1 cm³/mol. The van der Waals surface area contributed by atoms with Crippen molar-refractivity contribution in [3.63, 3.8) is 0 Å². The van der Waals surface area contributed by atoms with E-state index < -0.39 is 0 Å². The van der Waals surface area contributed by atoms with E-state index in [9.17, 15) is 9.59 Å². The minimum atomic E-state index is -0.324. The van der Waals surface area contributed by atoms with Gasteiger partial charge >= 0.3 is 0 Å². The first kappa shape index (κ1) is 15.7. The lowest BCUT2D eigenvalue weighted by atomic mass is 10.1. The molecule has 0 unspecified atom stereocenters. The summed E-state index contributed by atoms with van der Waals surface area (Å²) in [5, 5.41) is 11.2. The zero-order chi connectivity index (χ0) is 15.0. The van der Waals surface area contributed by atoms with E-state index in [1.54, 1.807) is 31.3 Å². The van der Waals surface area contributed by atoms with E-state index in [0.29, 0.717) is 17.7 Å². The molecule has 106 valence electrons. The van der Waals surface area contributed by atoms with Crippen LogP contribution >= 0.6 is 0 Å². The molecule has 0 aromatic heterocycles. The number of amides is 2. The molecule has 5 nitrogen and oxygen atoms in total. The summed E-state index contributed by atoms with van der Waals surface area (Å²) in [5.74, 6) is 4.78. The Morgan fingerprint density at radius 3 is 2.80 bits per heavy atom. The number of carbonyl (C=O) groups excluding carboxylic acids is 2. The van der Waals surface area contributed by atoms with Crippen molar-refractivity contribution in [2.75, 3.05) is 26.7 Å². The molecule has 0 spiro atoms. The van der Waals surface area contributed by atoms with Crippen LogP contribution in [-0.2, 0) is 4.79 Å². The van der Waals surface area contributed by atoms with Crippen molar-refractivity contribution in [1.82, 2.24) is 10.2 Å². The number of nitrogens with one attached hydrogen (secondary N) is 1. The number of aliphatic hydroxyl groups excluding tert-OH is 1. The predicted octanol–water partition coefficient (Wildman–Crippen LogP) is 0.238. The van der Waals surface area contributed by atoms with Crippen LogP contribution < -0.4 is 5.32 Å². The van der Waals surface area contributed by atoms with Crippen molar-refractivity contribution >= 4 is 11.8 Å². The largest absolute Gasteiger partial charge is 0.384 e. The van der Waals surface area contributed by atoms with Gasteiger partial charge in [-0.2, -0.15) is 0 Å². The first-order chi connectivity index (χ1) is 9.58. The SMILES string of the molecule is CCN(C)C(=O)CNC(=O)c1cccc(C#CCO)c1. The van der Waals surface area contributed by atoms with Crippen molar-refractivity contribution in [2.45, 2.75) is 6.92 Å². The number of nitrogens with zero attached hydrogens (tertiary/aromatic N) is 1. The second kappa shape index (κ2) is 7.97. The van der Waals surface area contributed by atoms with Gasteiger partial charge in [-0.25, -0.2) is 0 Å². The van der Waals surface area contributed by atoms with E-state index in [0.717, 1.165) is 0 Å². The summed E-state index contributed by atoms with van der Waals surface area (Å²) in [6, 6.07) is 6.71. The molecule has 0 aliphatic carbocycles. The first-order valence-electron chi connectivity index (χ1n) is 6.30. The lowest BCUT2D eigenvalue weighted by molar-refractivity contribution is -0.128. The second-order valence-corrected chi connectivity index (χ2v) is 4.13. The van der Waals surface area contributed by atoms with Gasteiger partial charge in [0.15, 0.2) is 0 Å². The van der Waals surface area contributed by atoms with Crippen molar-refractivity contribution in [3.05, 3.63) is 35.4 Å². The fraction of sp³-hybridized carbons (Fsp3) is 0.333. The van der Waals surface area contributed by atoms with Crippen LogP contribution in [0.25, 0.3) is 0 Å². The van der Waals surface area contributed by atoms with E-state index in [2.05, 4.69) is 17.2 Å². The zero-order valence-electron chi connectivity index (χ0n) is 11.6. The summed E-state index contributed by atoms with van der Waals surface area (Å²) >= 11 is 0. The molecule has 20 heavy (non-hydrogen) atoms. The topological polar surface area (TPSA) is 69.6 Å². The second-order valence-electron chi connectivity index (χ2n) is 4.13. The van der Waals surface area contributed by atoms with Gasteiger partial charge in [0.25, 0.3) is 5.91 Å². The fourth-order valence-electron chi connectivity index (χ4n) is 1.45. The summed E-state index contributed by atoms with van der Waals surface area (Å²) in [7, 11) is 1.68. The Kier molecular flexibility index (Phi) is 6.27. The number of hydrogen-bond donors (Lipinski definition) is 2. The Balaban J connectivity index is 2.66. The maximum absolute atomic E-state index is 11.9. The molecule has 2 amide bonds. The lowest BCUT2D eigenvalue weighted by Crippen LogP contribution is -2.37. The number of likely N-dealkylation sites (N-methyl/N-ethyl adjacent to an activating group) is 1. The Bertz CT molecular complexity index is 544. The monoisotopic (exact) mass is 274 g/mol. The molecule has 0 fully saturated rings. The molecule has 5 heteroatoms. The van der Waals surface area contributed by atoms with Crippen LogP contribution in [0.4, 0.5) is 0 Å². The minimum Gasteiger partial charge on any atom is -0.384 e. The van der Waals surface area contributed by atoms with Crippen molar-refractivity contribution in [1.29, 1.82) is 0 Å². The first-order valence-corrected chi connectivity index (χ1v) is 6.30. The third-order valence-electron chi connectivity index (χ3n) is 2.74. The van der Waals surface area contributed by atoms with Crippen LogP contribution in [0.15, 0.2) is 24.3 Å². The van der Waals surface area contributed by atoms with E-state index in [1.807, 2.05) is 6.92 Å². The number of hydrogen-bond acceptors (Lipinski definition) is 3. The van der Waals surface area contributed by atoms with Crippen LogP contribution in [0, 0.1) is 11.8 Å². The molecule has 0 radical (unpaired) electrons. The highest BCUT2D eigenvalue weighted by Crippen LogP contribution is 2.04. The van der Waals surface area contributed by atoms with Gasteiger partial charge in [0.2, 0.25) is 5.91 Å². The normalized spacial score (nSPS) is 9.35. The standard InChI is InChI=1S/C15H18N2O3/c1-3-17(2)14(19)11-16-15(20)13-8-4-6-12(10-13)7-5-9-18/h4,6,8,10,18H,3,9,11H2,1-2H3,(H,16,20). The fourth-order valence-corrected chi connectivity index (χ4v) is 1.45. The number of aliphatic hydroxyl groups is 1. The Labute approximate surface area is 118 Å². The molecule has 0 bridgehead atoms. The third kappa shape index (κ3) is 4.75. The maximum Gasteiger partial charge on any atom is 0.251 e. The zero-order valence-corrected chi connectivity index (χ0v) is 11.6. The number of rotatable bonds is 4. The molecule has 1 aromatic rings. The van der Waals surface area contributed by atoms with Crippen molar-refractivity contribution in [2.24, 2.45) is 0 Å². The molecule has 0 saturated heterocycles. The average Bonchev–Trinajstić information content (AvgIpc) is 2.49. The smallest absolute Gasteiger partial charge is 0.251 e. The van der Waals surface area contributed by atoms with Gasteiger partial charge in [0, 0.05) is 24.7 Å². The Hall–Kier alpha value is -2.32. The van der Waals surface area contributed by atoms with E-state index in [4.69, 9.17) is 5.11 Å². The van der Waals surface area contributed by atoms with Crippen LogP contribution in [0.3, 0.4) is 0 Å². The summed E-state index contributed by atoms with van der Waals surface area (Å²) in [6.07, 6.45) is 0. The molecule has 0 aliphatic heterocycles. The van der Waals surface area contributed by atoms with Crippen LogP contribution in [0.2, 0.25) is 0 Å². The van der Waals surface area contributed by atoms with E-state index >= 15 is 0 Å². The van der Waals surface area contributed by atoms with Gasteiger partial charge in [0.05, 0.1) is 6.54 Å². The summed E-state index contributed by atoms with van der Waals surface area (Å²) in [5.41, 5.74) is 1.07. The van der Waals surface area contributed by atoms with E-state index in [-0.39, 0.29) is 25.0 Å². The molecule has 0 saturated carbocycles. The third-order valence-corrected chi connectivity index (χ3v) is 2.74. The molecule has 0 atom stereocenters. The molecule has 2 N–H and O–H groups in total. The quantitative estimate of drug-likeness (QED) is 0.773. The number of benzene rings is 1. The summed E-state index contributed by atoms with van der Waals surface area (Å²) in [4.78, 5) is 25.0. The highest BCUT2D eigenvalue weighted by molar-refractivity contribution is 5.96. The highest BCUT2D eigenvalue weighted by Gasteiger charge is 2.10. The van der Waals surface area contributed by atoms with Gasteiger partial charge in [-0.15, -0.1) is 0 Å². The number of carbonyl (C=O) groups is 2. The molecular weight excluding hydrogens is 256 g/mol. The molecule has 1 aromatic carbocycles. The maximum atomic E-state index is 11.9. The average molecular weight is 274 g/mol. The van der Waals surface area contributed by atoms with Crippen LogP contribution in [-0.4, -0.2) is 48.6 Å². The summed E-state index contributed by atoms with van der Waals surface area (Å²) < 4.78 is 0. The molecule has 0 aliphatic rings. The molecular formula is C15H18N2O3. The van der Waals surface area contributed by atoms with Gasteiger partial charge in [-0.05, 0) is 25.1 Å². The van der Waals surface area contributed by atoms with Gasteiger partial charge < -0.3 is 15.3 Å². The highest BCUT2D eigenvalue weighted by atomic mass is 16.2. The van der Waals surface area contributed by atoms with Gasteiger partial charge in [0.1, 0.15) is 6.61 Å². The van der Waals surface area contributed by atoms with Gasteiger partial charge in [-0.1, -0.05) is 17.9 Å². The molecule has 0 heterocycles. The van der Waals surface area contributed by atoms with Crippen molar-refractivity contribution < 1.29 is 14.7 Å². The van der Waals surface area contributed by atoms with E-state index in [1.165, 1.54) is 4.90 Å².